The Morgan fingerprint density at radius 2 is 1.76 bits per heavy atom. The van der Waals surface area contributed by atoms with Gasteiger partial charge in [-0.2, -0.15) is 0 Å². The molecule has 0 radical (unpaired) electrons. The van der Waals surface area contributed by atoms with Crippen LogP contribution in [0.25, 0.3) is 11.4 Å². The number of thioether (sulfide) groups is 1. The van der Waals surface area contributed by atoms with E-state index >= 15 is 0 Å². The fourth-order valence-corrected chi connectivity index (χ4v) is 4.00. The van der Waals surface area contributed by atoms with Crippen LogP contribution in [0.15, 0.2) is 84.3 Å². The summed E-state index contributed by atoms with van der Waals surface area (Å²) in [7, 11) is 0. The van der Waals surface area contributed by atoms with Crippen molar-refractivity contribution >= 4 is 23.4 Å². The molecule has 8 heteroatoms. The van der Waals surface area contributed by atoms with Gasteiger partial charge in [0.1, 0.15) is 12.4 Å². The standard InChI is InChI=1S/C25H25N5O2S/c1-2-16-30-24(20-12-14-26-15-13-20)28-29-25(30)33-18-23(31)27-21-8-10-22(11-9-21)32-17-19-6-4-3-5-7-19/h3-15H,2,16-18H2,1H3,(H,27,31). The van der Waals surface area contributed by atoms with Gasteiger partial charge in [0.25, 0.3) is 0 Å². The normalized spacial score (nSPS) is 10.7. The van der Waals surface area contributed by atoms with Crippen LogP contribution in [-0.4, -0.2) is 31.4 Å². The van der Waals surface area contributed by atoms with Crippen LogP contribution in [0.4, 0.5) is 5.69 Å². The molecule has 0 unspecified atom stereocenters. The lowest BCUT2D eigenvalue weighted by molar-refractivity contribution is -0.113. The van der Waals surface area contributed by atoms with E-state index in [1.54, 1.807) is 12.4 Å². The van der Waals surface area contributed by atoms with Crippen molar-refractivity contribution in [3.05, 3.63) is 84.7 Å². The first-order valence-corrected chi connectivity index (χ1v) is 11.7. The quantitative estimate of drug-likeness (QED) is 0.334. The average Bonchev–Trinajstić information content (AvgIpc) is 3.26. The summed E-state index contributed by atoms with van der Waals surface area (Å²) in [4.78, 5) is 16.6. The van der Waals surface area contributed by atoms with Gasteiger partial charge >= 0.3 is 0 Å². The zero-order chi connectivity index (χ0) is 22.9. The van der Waals surface area contributed by atoms with E-state index in [-0.39, 0.29) is 11.7 Å². The number of pyridine rings is 1. The van der Waals surface area contributed by atoms with Crippen molar-refractivity contribution in [3.63, 3.8) is 0 Å². The van der Waals surface area contributed by atoms with Gasteiger partial charge in [0.15, 0.2) is 11.0 Å². The van der Waals surface area contributed by atoms with Crippen molar-refractivity contribution in [1.29, 1.82) is 0 Å². The van der Waals surface area contributed by atoms with Gasteiger partial charge in [-0.3, -0.25) is 9.78 Å². The third kappa shape index (κ3) is 6.20. The molecule has 2 aromatic heterocycles. The summed E-state index contributed by atoms with van der Waals surface area (Å²) in [6.45, 7) is 3.38. The lowest BCUT2D eigenvalue weighted by atomic mass is 10.2. The first-order valence-electron chi connectivity index (χ1n) is 10.8. The first kappa shape index (κ1) is 22.5. The van der Waals surface area contributed by atoms with Crippen LogP contribution in [0, 0.1) is 0 Å². The molecular weight excluding hydrogens is 434 g/mol. The van der Waals surface area contributed by atoms with Gasteiger partial charge in [0.05, 0.1) is 5.75 Å². The number of hydrogen-bond acceptors (Lipinski definition) is 6. The molecule has 2 heterocycles. The maximum Gasteiger partial charge on any atom is 0.234 e. The molecule has 2 aromatic carbocycles. The summed E-state index contributed by atoms with van der Waals surface area (Å²) in [6, 6.07) is 21.2. The highest BCUT2D eigenvalue weighted by Gasteiger charge is 2.15. The Bertz CT molecular complexity index is 1160. The maximum absolute atomic E-state index is 12.5. The number of carbonyl (C=O) groups excluding carboxylic acids is 1. The molecule has 0 spiro atoms. The van der Waals surface area contributed by atoms with Crippen LogP contribution in [0.5, 0.6) is 5.75 Å². The lowest BCUT2D eigenvalue weighted by Crippen LogP contribution is -2.14. The van der Waals surface area contributed by atoms with Crippen LogP contribution < -0.4 is 10.1 Å². The van der Waals surface area contributed by atoms with E-state index in [1.807, 2.05) is 71.3 Å². The van der Waals surface area contributed by atoms with E-state index in [1.165, 1.54) is 11.8 Å². The zero-order valence-electron chi connectivity index (χ0n) is 18.3. The highest BCUT2D eigenvalue weighted by atomic mass is 32.2. The zero-order valence-corrected chi connectivity index (χ0v) is 19.2. The Morgan fingerprint density at radius 1 is 1.00 bits per heavy atom. The molecule has 0 aliphatic carbocycles. The van der Waals surface area contributed by atoms with Crippen molar-refractivity contribution < 1.29 is 9.53 Å². The van der Waals surface area contributed by atoms with Crippen molar-refractivity contribution in [2.45, 2.75) is 31.7 Å². The lowest BCUT2D eigenvalue weighted by Gasteiger charge is -2.10. The number of carbonyl (C=O) groups is 1. The Morgan fingerprint density at radius 3 is 2.48 bits per heavy atom. The van der Waals surface area contributed by atoms with Gasteiger partial charge in [-0.05, 0) is 48.4 Å². The van der Waals surface area contributed by atoms with Gasteiger partial charge in [0, 0.05) is 30.2 Å². The van der Waals surface area contributed by atoms with E-state index in [9.17, 15) is 4.79 Å². The monoisotopic (exact) mass is 459 g/mol. The number of amides is 1. The number of hydrogen-bond donors (Lipinski definition) is 1. The molecule has 1 N–H and O–H groups in total. The highest BCUT2D eigenvalue weighted by Crippen LogP contribution is 2.24. The fourth-order valence-electron chi connectivity index (χ4n) is 3.24. The van der Waals surface area contributed by atoms with Crippen molar-refractivity contribution in [3.8, 4) is 17.1 Å². The smallest absolute Gasteiger partial charge is 0.234 e. The molecule has 0 saturated carbocycles. The van der Waals surface area contributed by atoms with Crippen molar-refractivity contribution in [1.82, 2.24) is 19.7 Å². The Kier molecular flexibility index (Phi) is 7.71. The van der Waals surface area contributed by atoms with E-state index < -0.39 is 0 Å². The largest absolute Gasteiger partial charge is 0.489 e. The minimum absolute atomic E-state index is 0.102. The topological polar surface area (TPSA) is 81.9 Å². The van der Waals surface area contributed by atoms with Gasteiger partial charge < -0.3 is 14.6 Å². The van der Waals surface area contributed by atoms with E-state index in [4.69, 9.17) is 4.74 Å². The molecule has 0 fully saturated rings. The summed E-state index contributed by atoms with van der Waals surface area (Å²) in [6.07, 6.45) is 4.41. The predicted molar refractivity (Wildman–Crippen MR) is 130 cm³/mol. The molecule has 0 aliphatic rings. The van der Waals surface area contributed by atoms with Crippen LogP contribution in [-0.2, 0) is 17.9 Å². The number of ether oxygens (including phenoxy) is 1. The summed E-state index contributed by atoms with van der Waals surface area (Å²) >= 11 is 1.38. The van der Waals surface area contributed by atoms with Gasteiger partial charge in [0.2, 0.25) is 5.91 Å². The second-order valence-electron chi connectivity index (χ2n) is 7.33. The molecule has 1 amide bonds. The van der Waals surface area contributed by atoms with Crippen LogP contribution in [0.1, 0.15) is 18.9 Å². The van der Waals surface area contributed by atoms with E-state index in [0.717, 1.165) is 46.5 Å². The van der Waals surface area contributed by atoms with Gasteiger partial charge in [-0.15, -0.1) is 10.2 Å². The van der Waals surface area contributed by atoms with Crippen LogP contribution in [0.3, 0.4) is 0 Å². The summed E-state index contributed by atoms with van der Waals surface area (Å²) in [5, 5.41) is 12.3. The second-order valence-corrected chi connectivity index (χ2v) is 8.27. The molecule has 4 aromatic rings. The fraction of sp³-hybridized carbons (Fsp3) is 0.200. The third-order valence-electron chi connectivity index (χ3n) is 4.82. The molecule has 0 saturated heterocycles. The summed E-state index contributed by atoms with van der Waals surface area (Å²) in [5.41, 5.74) is 2.78. The Balaban J connectivity index is 1.31. The van der Waals surface area contributed by atoms with Crippen LogP contribution in [0.2, 0.25) is 0 Å². The molecule has 4 rings (SSSR count). The summed E-state index contributed by atoms with van der Waals surface area (Å²) < 4.78 is 7.84. The van der Waals surface area contributed by atoms with Crippen molar-refractivity contribution in [2.24, 2.45) is 0 Å². The number of anilines is 1. The molecule has 0 aliphatic heterocycles. The van der Waals surface area contributed by atoms with Crippen molar-refractivity contribution in [2.75, 3.05) is 11.1 Å². The SMILES string of the molecule is CCCn1c(SCC(=O)Nc2ccc(OCc3ccccc3)cc2)nnc1-c1ccncc1. The third-order valence-corrected chi connectivity index (χ3v) is 5.79. The number of rotatable bonds is 10. The first-order chi connectivity index (χ1) is 16.2. The van der Waals surface area contributed by atoms with Gasteiger partial charge in [-0.25, -0.2) is 0 Å². The van der Waals surface area contributed by atoms with Gasteiger partial charge in [-0.1, -0.05) is 49.0 Å². The molecule has 7 nitrogen and oxygen atoms in total. The second kappa shape index (κ2) is 11.3. The Hall–Kier alpha value is -3.65. The predicted octanol–water partition coefficient (Wildman–Crippen LogP) is 5.06. The minimum Gasteiger partial charge on any atom is -0.489 e. The average molecular weight is 460 g/mol. The van der Waals surface area contributed by atoms with Crippen LogP contribution >= 0.6 is 11.8 Å². The van der Waals surface area contributed by atoms with E-state index in [2.05, 4.69) is 27.4 Å². The minimum atomic E-state index is -0.102. The maximum atomic E-state index is 12.5. The summed E-state index contributed by atoms with van der Waals surface area (Å²) in [5.74, 6) is 1.68. The number of nitrogens with one attached hydrogen (secondary N) is 1. The Labute approximate surface area is 197 Å². The number of benzene rings is 2. The molecular formula is C25H25N5O2S. The molecule has 0 atom stereocenters. The molecule has 168 valence electrons. The number of aromatic nitrogens is 4. The van der Waals surface area contributed by atoms with E-state index in [0.29, 0.717) is 6.61 Å². The highest BCUT2D eigenvalue weighted by molar-refractivity contribution is 7.99. The molecule has 33 heavy (non-hydrogen) atoms. The molecule has 0 bridgehead atoms. The number of nitrogens with zero attached hydrogens (tertiary/aromatic N) is 4.